The second-order valence-electron chi connectivity index (χ2n) is 7.39. The summed E-state index contributed by atoms with van der Waals surface area (Å²) < 4.78 is 95.8. The molecule has 0 atom stereocenters. The van der Waals surface area contributed by atoms with Gasteiger partial charge in [0.15, 0.2) is 15.6 Å². The first kappa shape index (κ1) is 35.5. The summed E-state index contributed by atoms with van der Waals surface area (Å²) in [5.41, 5.74) is -0.551. The van der Waals surface area contributed by atoms with E-state index in [9.17, 15) is 44.3 Å². The number of nitrogens with zero attached hydrogens (tertiary/aromatic N) is 2. The van der Waals surface area contributed by atoms with E-state index in [1.54, 1.807) is 0 Å². The minimum absolute atomic E-state index is 0. The SMILES string of the molecule is CC(=O)Nc1ccc2c(O)c(N=Nc3cccc(S(=O)(=O)CCOS(=O)(=O)[O-])c3)c(S(=O)(=O)[O-])cc2c1.[Na+].[Na+]. The number of nitrogens with one attached hydrogen (secondary N) is 1. The zero-order chi connectivity index (χ0) is 27.6. The van der Waals surface area contributed by atoms with Gasteiger partial charge in [0.25, 0.3) is 0 Å². The first-order valence-electron chi connectivity index (χ1n) is 9.95. The van der Waals surface area contributed by atoms with Crippen molar-refractivity contribution in [2.75, 3.05) is 17.7 Å². The van der Waals surface area contributed by atoms with E-state index < -0.39 is 65.0 Å². The molecule has 0 saturated carbocycles. The van der Waals surface area contributed by atoms with Crippen molar-refractivity contribution in [3.63, 3.8) is 0 Å². The number of amides is 1. The van der Waals surface area contributed by atoms with Crippen molar-refractivity contribution in [1.82, 2.24) is 0 Å². The zero-order valence-electron chi connectivity index (χ0n) is 20.7. The number of hydrogen-bond donors (Lipinski definition) is 2. The molecule has 0 spiro atoms. The van der Waals surface area contributed by atoms with Gasteiger partial charge in [-0.15, -0.1) is 5.11 Å². The molecule has 198 valence electrons. The van der Waals surface area contributed by atoms with Crippen LogP contribution in [-0.2, 0) is 39.3 Å². The van der Waals surface area contributed by atoms with Crippen molar-refractivity contribution in [3.05, 3.63) is 48.5 Å². The van der Waals surface area contributed by atoms with Crippen molar-refractivity contribution in [3.8, 4) is 5.75 Å². The molecule has 19 heteroatoms. The van der Waals surface area contributed by atoms with Crippen LogP contribution in [0, 0.1) is 0 Å². The van der Waals surface area contributed by atoms with Crippen LogP contribution in [0.4, 0.5) is 17.1 Å². The molecule has 39 heavy (non-hydrogen) atoms. The quantitative estimate of drug-likeness (QED) is 0.102. The monoisotopic (exact) mass is 617 g/mol. The third-order valence-electron chi connectivity index (χ3n) is 4.66. The molecule has 0 fully saturated rings. The third kappa shape index (κ3) is 9.83. The Bertz CT molecular complexity index is 1750. The van der Waals surface area contributed by atoms with E-state index in [1.807, 2.05) is 0 Å². The molecule has 0 saturated heterocycles. The first-order chi connectivity index (χ1) is 17.1. The summed E-state index contributed by atoms with van der Waals surface area (Å²) in [6, 6.07) is 9.75. The molecule has 2 N–H and O–H groups in total. The number of sulfone groups is 1. The van der Waals surface area contributed by atoms with Crippen molar-refractivity contribution >= 4 is 64.1 Å². The zero-order valence-corrected chi connectivity index (χ0v) is 27.1. The molecule has 0 aliphatic heterocycles. The predicted molar refractivity (Wildman–Crippen MR) is 126 cm³/mol. The summed E-state index contributed by atoms with van der Waals surface area (Å²) in [7, 11) is -14.4. The van der Waals surface area contributed by atoms with Crippen LogP contribution < -0.4 is 64.4 Å². The fourth-order valence-corrected chi connectivity index (χ4v) is 5.29. The van der Waals surface area contributed by atoms with E-state index in [4.69, 9.17) is 0 Å². The van der Waals surface area contributed by atoms with Crippen LogP contribution in [0.3, 0.4) is 0 Å². The van der Waals surface area contributed by atoms with Crippen LogP contribution in [0.2, 0.25) is 0 Å². The van der Waals surface area contributed by atoms with Gasteiger partial charge in [0.2, 0.25) is 16.3 Å². The molecule has 0 bridgehead atoms. The van der Waals surface area contributed by atoms with Crippen molar-refractivity contribution in [1.29, 1.82) is 0 Å². The average Bonchev–Trinajstić information content (AvgIpc) is 2.76. The van der Waals surface area contributed by atoms with Gasteiger partial charge < -0.3 is 19.5 Å². The second kappa shape index (κ2) is 13.9. The maximum absolute atomic E-state index is 12.4. The maximum Gasteiger partial charge on any atom is 1.00 e. The Morgan fingerprint density at radius 1 is 0.974 bits per heavy atom. The number of carbonyl (C=O) groups excluding carboxylic acids is 1. The number of carbonyl (C=O) groups is 1. The Hall–Kier alpha value is -1.48. The predicted octanol–water partition coefficient (Wildman–Crippen LogP) is -3.92. The number of phenols is 1. The summed E-state index contributed by atoms with van der Waals surface area (Å²) >= 11 is 0. The van der Waals surface area contributed by atoms with Gasteiger partial charge in [0.05, 0.1) is 27.8 Å². The smallest absolute Gasteiger partial charge is 0.744 e. The normalized spacial score (nSPS) is 12.1. The number of hydrogen-bond acceptors (Lipinski definition) is 13. The molecule has 0 aliphatic carbocycles. The molecule has 3 rings (SSSR count). The Labute approximate surface area is 268 Å². The average molecular weight is 618 g/mol. The molecule has 0 aromatic heterocycles. The Balaban J connectivity index is 0.00000380. The van der Waals surface area contributed by atoms with E-state index in [1.165, 1.54) is 37.3 Å². The molecule has 1 amide bonds. The largest absolute Gasteiger partial charge is 1.00 e. The number of phenolic OH excluding ortho intramolecular Hbond substituents is 1. The molecule has 0 aliphatic rings. The van der Waals surface area contributed by atoms with Crippen molar-refractivity contribution < 1.29 is 108 Å². The fraction of sp³-hybridized carbons (Fsp3) is 0.150. The summed E-state index contributed by atoms with van der Waals surface area (Å²) in [5, 5.41) is 20.7. The summed E-state index contributed by atoms with van der Waals surface area (Å²) in [6.07, 6.45) is 0. The second-order valence-corrected chi connectivity index (χ2v) is 11.9. The van der Waals surface area contributed by atoms with Gasteiger partial charge in [-0.2, -0.15) is 5.11 Å². The van der Waals surface area contributed by atoms with Gasteiger partial charge in [0.1, 0.15) is 15.8 Å². The van der Waals surface area contributed by atoms with Crippen LogP contribution in [0.25, 0.3) is 10.8 Å². The van der Waals surface area contributed by atoms with Gasteiger partial charge in [-0.05, 0) is 47.9 Å². The van der Waals surface area contributed by atoms with Crippen molar-refractivity contribution in [2.45, 2.75) is 16.7 Å². The number of anilines is 1. The Kier molecular flexibility index (Phi) is 12.7. The van der Waals surface area contributed by atoms with E-state index in [-0.39, 0.29) is 86.2 Å². The minimum atomic E-state index is -5.18. The Morgan fingerprint density at radius 3 is 2.23 bits per heavy atom. The third-order valence-corrected chi connectivity index (χ3v) is 7.64. The first-order valence-corrected chi connectivity index (χ1v) is 14.3. The number of azo groups is 1. The maximum atomic E-state index is 12.4. The van der Waals surface area contributed by atoms with Gasteiger partial charge in [0, 0.05) is 18.0 Å². The molecule has 3 aromatic carbocycles. The van der Waals surface area contributed by atoms with Crippen LogP contribution in [-0.4, -0.2) is 57.7 Å². The fourth-order valence-electron chi connectivity index (χ4n) is 3.13. The van der Waals surface area contributed by atoms with E-state index in [0.29, 0.717) is 0 Å². The van der Waals surface area contributed by atoms with E-state index in [0.717, 1.165) is 18.2 Å². The van der Waals surface area contributed by atoms with Gasteiger partial charge in [-0.1, -0.05) is 6.07 Å². The number of fused-ring (bicyclic) bond motifs is 1. The standard InChI is InChI=1S/C20H19N3O11S3.2Na/c1-12(24)21-14-5-6-17-13(9-14)10-18(36(28,29)30)19(20(17)25)23-22-15-3-2-4-16(11-15)35(26,27)8-7-34-37(31,32)33;;/h2-6,9-11,25H,7-8H2,1H3,(H,21,24)(H,28,29,30)(H,31,32,33);;/q;2*+1/p-2. The molecule has 0 heterocycles. The van der Waals surface area contributed by atoms with E-state index in [2.05, 4.69) is 19.7 Å². The van der Waals surface area contributed by atoms with Gasteiger partial charge in [-0.3, -0.25) is 8.98 Å². The molecule has 0 radical (unpaired) electrons. The summed E-state index contributed by atoms with van der Waals surface area (Å²) in [4.78, 5) is 10.0. The topological polar surface area (TPSA) is 232 Å². The number of aromatic hydroxyl groups is 1. The number of benzene rings is 3. The molecule has 14 nitrogen and oxygen atoms in total. The van der Waals surface area contributed by atoms with Crippen LogP contribution in [0.1, 0.15) is 6.92 Å². The molecular weight excluding hydrogens is 600 g/mol. The summed E-state index contributed by atoms with van der Waals surface area (Å²) in [6.45, 7) is 0.336. The molecule has 3 aromatic rings. The van der Waals surface area contributed by atoms with Gasteiger partial charge >= 0.3 is 59.1 Å². The molecule has 0 unspecified atom stereocenters. The van der Waals surface area contributed by atoms with Crippen molar-refractivity contribution in [2.24, 2.45) is 10.2 Å². The molecular formula is C20H17N3Na2O11S3. The number of rotatable bonds is 9. The Morgan fingerprint density at radius 2 is 1.64 bits per heavy atom. The van der Waals surface area contributed by atoms with E-state index >= 15 is 0 Å². The van der Waals surface area contributed by atoms with Crippen LogP contribution in [0.5, 0.6) is 5.75 Å². The van der Waals surface area contributed by atoms with Crippen LogP contribution in [0.15, 0.2) is 68.6 Å². The summed E-state index contributed by atoms with van der Waals surface area (Å²) in [5.74, 6) is -1.96. The van der Waals surface area contributed by atoms with Crippen LogP contribution >= 0.6 is 0 Å². The van der Waals surface area contributed by atoms with Gasteiger partial charge in [-0.25, -0.2) is 25.3 Å². The minimum Gasteiger partial charge on any atom is -0.744 e.